The van der Waals surface area contributed by atoms with Gasteiger partial charge in [0.25, 0.3) is 5.91 Å². The van der Waals surface area contributed by atoms with Crippen molar-refractivity contribution in [1.82, 2.24) is 0 Å². The van der Waals surface area contributed by atoms with E-state index in [1.165, 1.54) is 12.1 Å². The Bertz CT molecular complexity index is 1670. The maximum absolute atomic E-state index is 12.8. The number of aryl methyl sites for hydroxylation is 1. The minimum atomic E-state index is -1.49. The van der Waals surface area contributed by atoms with Gasteiger partial charge in [-0.3, -0.25) is 24.0 Å². The average molecular weight is 626 g/mol. The molecule has 1 fully saturated rings. The summed E-state index contributed by atoms with van der Waals surface area (Å²) in [4.78, 5) is 73.2. The second-order valence-electron chi connectivity index (χ2n) is 10.1. The Balaban J connectivity index is 1.69. The summed E-state index contributed by atoms with van der Waals surface area (Å²) in [6, 6.07) is 12.9. The van der Waals surface area contributed by atoms with Crippen LogP contribution in [0.1, 0.15) is 43.6 Å². The molecule has 4 rings (SSSR count). The van der Waals surface area contributed by atoms with Gasteiger partial charge in [-0.2, -0.15) is 0 Å². The number of carbonyl (C=O) groups is 5. The summed E-state index contributed by atoms with van der Waals surface area (Å²) < 4.78 is 38.9. The number of rotatable bonds is 9. The van der Waals surface area contributed by atoms with E-state index in [4.69, 9.17) is 32.8 Å². The topological polar surface area (TPSA) is 183 Å². The molecule has 0 spiro atoms. The summed E-state index contributed by atoms with van der Waals surface area (Å²) in [5, 5.41) is 3.00. The molecule has 0 unspecified atom stereocenters. The molecule has 238 valence electrons. The summed E-state index contributed by atoms with van der Waals surface area (Å²) in [5.74, 6) is -3.39. The zero-order valence-electron chi connectivity index (χ0n) is 25.0. The normalized spacial score (nSPS) is 20.9. The third kappa shape index (κ3) is 8.03. The van der Waals surface area contributed by atoms with Crippen molar-refractivity contribution in [1.29, 1.82) is 0 Å². The van der Waals surface area contributed by atoms with Crippen LogP contribution >= 0.6 is 0 Å². The third-order valence-electron chi connectivity index (χ3n) is 6.58. The molecule has 1 aromatic heterocycles. The van der Waals surface area contributed by atoms with Crippen LogP contribution in [0.2, 0.25) is 0 Å². The van der Waals surface area contributed by atoms with E-state index in [9.17, 15) is 28.8 Å². The highest BCUT2D eigenvalue weighted by Gasteiger charge is 2.53. The molecule has 1 N–H and O–H groups in total. The van der Waals surface area contributed by atoms with Gasteiger partial charge < -0.3 is 38.2 Å². The largest absolute Gasteiger partial charge is 0.463 e. The highest BCUT2D eigenvalue weighted by Crippen LogP contribution is 2.34. The number of amides is 1. The zero-order chi connectivity index (χ0) is 32.8. The van der Waals surface area contributed by atoms with E-state index < -0.39 is 72.7 Å². The molecule has 0 saturated carbocycles. The van der Waals surface area contributed by atoms with Crippen LogP contribution in [0.15, 0.2) is 57.7 Å². The van der Waals surface area contributed by atoms with Gasteiger partial charge >= 0.3 is 29.5 Å². The maximum atomic E-state index is 12.8. The van der Waals surface area contributed by atoms with Gasteiger partial charge in [0.2, 0.25) is 12.4 Å². The van der Waals surface area contributed by atoms with Crippen LogP contribution in [0.5, 0.6) is 5.75 Å². The summed E-state index contributed by atoms with van der Waals surface area (Å²) in [6.07, 6.45) is -6.94. The van der Waals surface area contributed by atoms with Crippen LogP contribution in [-0.2, 0) is 42.9 Å². The molecule has 14 nitrogen and oxygen atoms in total. The van der Waals surface area contributed by atoms with E-state index in [1.807, 2.05) is 0 Å². The molecule has 0 bridgehead atoms. The summed E-state index contributed by atoms with van der Waals surface area (Å²) in [7, 11) is 0. The Morgan fingerprint density at radius 1 is 0.800 bits per heavy atom. The fraction of sp³-hybridized carbons (Fsp3) is 0.355. The van der Waals surface area contributed by atoms with Gasteiger partial charge in [-0.1, -0.05) is 18.2 Å². The lowest BCUT2D eigenvalue weighted by Gasteiger charge is -2.44. The first-order chi connectivity index (χ1) is 21.3. The van der Waals surface area contributed by atoms with Crippen molar-refractivity contribution < 1.29 is 56.8 Å². The summed E-state index contributed by atoms with van der Waals surface area (Å²) in [5.41, 5.74) is -0.0932. The van der Waals surface area contributed by atoms with E-state index in [2.05, 4.69) is 5.32 Å². The Labute approximate surface area is 256 Å². The number of nitrogens with one attached hydrogen (secondary N) is 1. The molecular weight excluding hydrogens is 594 g/mol. The lowest BCUT2D eigenvalue weighted by atomic mass is 9.98. The molecule has 1 saturated heterocycles. The second-order valence-corrected chi connectivity index (χ2v) is 10.1. The van der Waals surface area contributed by atoms with Crippen LogP contribution in [0.25, 0.3) is 11.0 Å². The van der Waals surface area contributed by atoms with Gasteiger partial charge in [0.1, 0.15) is 29.7 Å². The SMILES string of the molecule is CC(=O)OC[C@H]1O[C@@H](Oc2ccc3cc(NC(=O)c4ccccc4)c(=O)oc3c2C)[C@H](OC(C)=O)[C@@H](OC(C)=O)[C@@H]1OC(C)=O. The smallest absolute Gasteiger partial charge is 0.360 e. The number of benzene rings is 2. The van der Waals surface area contributed by atoms with Gasteiger partial charge in [-0.15, -0.1) is 0 Å². The van der Waals surface area contributed by atoms with Crippen molar-refractivity contribution in [2.45, 2.75) is 65.3 Å². The van der Waals surface area contributed by atoms with Gasteiger partial charge in [0, 0.05) is 44.2 Å². The minimum Gasteiger partial charge on any atom is -0.463 e. The molecule has 3 aromatic rings. The standard InChI is InChI=1S/C31H31NO13/c1-15-23(12-11-21-13-22(30(38)45-25(15)21)32-29(37)20-9-7-6-8-10-20)43-31-28(42-19(5)36)27(41-18(4)35)26(40-17(3)34)24(44-31)14-39-16(2)33/h6-13,24,26-28,31H,14H2,1-5H3,(H,32,37)/t24-,26-,27+,28-,31-/m1/s1. The first kappa shape index (κ1) is 32.7. The molecule has 45 heavy (non-hydrogen) atoms. The predicted molar refractivity (Wildman–Crippen MR) is 154 cm³/mol. The number of fused-ring (bicyclic) bond motifs is 1. The molecule has 1 aliphatic heterocycles. The Morgan fingerprint density at radius 3 is 2.04 bits per heavy atom. The van der Waals surface area contributed by atoms with E-state index in [0.717, 1.165) is 27.7 Å². The lowest BCUT2D eigenvalue weighted by molar-refractivity contribution is -0.288. The summed E-state index contributed by atoms with van der Waals surface area (Å²) >= 11 is 0. The molecule has 1 aliphatic rings. The Kier molecular flexibility index (Phi) is 10.2. The fourth-order valence-corrected chi connectivity index (χ4v) is 4.71. The molecule has 5 atom stereocenters. The monoisotopic (exact) mass is 625 g/mol. The van der Waals surface area contributed by atoms with Crippen LogP contribution in [0.3, 0.4) is 0 Å². The van der Waals surface area contributed by atoms with Crippen LogP contribution in [0, 0.1) is 6.92 Å². The third-order valence-corrected chi connectivity index (χ3v) is 6.58. The van der Waals surface area contributed by atoms with Crippen LogP contribution in [-0.4, -0.2) is 67.1 Å². The number of ether oxygens (including phenoxy) is 6. The molecule has 14 heteroatoms. The molecular formula is C31H31NO13. The maximum Gasteiger partial charge on any atom is 0.360 e. The molecule has 0 radical (unpaired) electrons. The highest BCUT2D eigenvalue weighted by atomic mass is 16.7. The molecule has 2 aromatic carbocycles. The van der Waals surface area contributed by atoms with Crippen molar-refractivity contribution in [2.75, 3.05) is 11.9 Å². The van der Waals surface area contributed by atoms with E-state index in [1.54, 1.807) is 43.3 Å². The van der Waals surface area contributed by atoms with Crippen molar-refractivity contribution >= 4 is 46.4 Å². The van der Waals surface area contributed by atoms with Gasteiger partial charge in [0.15, 0.2) is 12.2 Å². The molecule has 1 amide bonds. The Hall–Kier alpha value is -5.24. The number of hydrogen-bond donors (Lipinski definition) is 1. The van der Waals surface area contributed by atoms with Gasteiger partial charge in [-0.25, -0.2) is 4.79 Å². The number of carbonyl (C=O) groups excluding carboxylic acids is 5. The molecule has 0 aliphatic carbocycles. The van der Waals surface area contributed by atoms with Gasteiger partial charge in [0.05, 0.1) is 0 Å². The molecule has 2 heterocycles. The van der Waals surface area contributed by atoms with Crippen molar-refractivity contribution in [3.05, 3.63) is 70.1 Å². The van der Waals surface area contributed by atoms with E-state index in [-0.39, 0.29) is 17.0 Å². The van der Waals surface area contributed by atoms with Crippen molar-refractivity contribution in [2.24, 2.45) is 0 Å². The fourth-order valence-electron chi connectivity index (χ4n) is 4.71. The zero-order valence-corrected chi connectivity index (χ0v) is 25.0. The summed E-state index contributed by atoms with van der Waals surface area (Å²) in [6.45, 7) is 5.65. The number of anilines is 1. The van der Waals surface area contributed by atoms with E-state index in [0.29, 0.717) is 16.5 Å². The number of hydrogen-bond acceptors (Lipinski definition) is 13. The second kappa shape index (κ2) is 14.0. The van der Waals surface area contributed by atoms with Crippen molar-refractivity contribution in [3.8, 4) is 5.75 Å². The highest BCUT2D eigenvalue weighted by molar-refractivity contribution is 6.04. The Morgan fingerprint density at radius 2 is 1.42 bits per heavy atom. The van der Waals surface area contributed by atoms with Crippen LogP contribution < -0.4 is 15.7 Å². The lowest BCUT2D eigenvalue weighted by Crippen LogP contribution is -2.63. The first-order valence-corrected chi connectivity index (χ1v) is 13.7. The quantitative estimate of drug-likeness (QED) is 0.208. The number of esters is 4. The van der Waals surface area contributed by atoms with Gasteiger partial charge in [-0.05, 0) is 37.3 Å². The van der Waals surface area contributed by atoms with Crippen molar-refractivity contribution in [3.63, 3.8) is 0 Å². The average Bonchev–Trinajstić information content (AvgIpc) is 2.97. The van der Waals surface area contributed by atoms with E-state index >= 15 is 0 Å². The first-order valence-electron chi connectivity index (χ1n) is 13.7. The van der Waals surface area contributed by atoms with Crippen LogP contribution in [0.4, 0.5) is 5.69 Å². The minimum absolute atomic E-state index is 0.0796. The predicted octanol–water partition coefficient (Wildman–Crippen LogP) is 2.82.